The van der Waals surface area contributed by atoms with Gasteiger partial charge in [0.25, 0.3) is 0 Å². The monoisotopic (exact) mass is 407 g/mol. The van der Waals surface area contributed by atoms with Crippen molar-refractivity contribution in [3.63, 3.8) is 0 Å². The number of sulfonamides is 1. The number of amides is 2. The molecule has 0 atom stereocenters. The van der Waals surface area contributed by atoms with Crippen molar-refractivity contribution in [2.45, 2.75) is 4.90 Å². The number of nitrogens with zero attached hydrogens (tertiary/aromatic N) is 1. The van der Waals surface area contributed by atoms with Crippen LogP contribution in [0.5, 0.6) is 0 Å². The van der Waals surface area contributed by atoms with Crippen LogP contribution in [0.4, 0.5) is 14.9 Å². The molecule has 140 valence electrons. The minimum Gasteiger partial charge on any atom is -0.336 e. The SMILES string of the molecule is O=C1NCCN1c1ccc(C#CCNS(=O)(=O)c2ccc(F)c(Cl)c2)cc1. The van der Waals surface area contributed by atoms with E-state index in [2.05, 4.69) is 21.9 Å². The van der Waals surface area contributed by atoms with Gasteiger partial charge in [-0.2, -0.15) is 4.72 Å². The molecule has 1 fully saturated rings. The number of hydrogen-bond acceptors (Lipinski definition) is 3. The van der Waals surface area contributed by atoms with Gasteiger partial charge in [-0.05, 0) is 42.5 Å². The van der Waals surface area contributed by atoms with Crippen molar-refractivity contribution < 1.29 is 17.6 Å². The van der Waals surface area contributed by atoms with Crippen LogP contribution in [0.3, 0.4) is 0 Å². The number of rotatable bonds is 4. The summed E-state index contributed by atoms with van der Waals surface area (Å²) in [5.41, 5.74) is 1.45. The van der Waals surface area contributed by atoms with Gasteiger partial charge in [-0.15, -0.1) is 0 Å². The number of halogens is 2. The minimum absolute atomic E-state index is 0.117. The molecule has 0 unspecified atom stereocenters. The van der Waals surface area contributed by atoms with Crippen LogP contribution >= 0.6 is 11.6 Å². The second kappa shape index (κ2) is 7.96. The molecule has 2 aromatic carbocycles. The van der Waals surface area contributed by atoms with Crippen molar-refractivity contribution >= 4 is 33.3 Å². The van der Waals surface area contributed by atoms with Crippen LogP contribution in [0.15, 0.2) is 47.4 Å². The first-order chi connectivity index (χ1) is 12.9. The molecule has 1 aliphatic heterocycles. The third-order valence-electron chi connectivity index (χ3n) is 3.82. The molecule has 2 N–H and O–H groups in total. The van der Waals surface area contributed by atoms with Gasteiger partial charge in [0.15, 0.2) is 0 Å². The van der Waals surface area contributed by atoms with Crippen molar-refractivity contribution in [1.29, 1.82) is 0 Å². The molecule has 0 bridgehead atoms. The summed E-state index contributed by atoms with van der Waals surface area (Å²) in [6.45, 7) is 1.10. The van der Waals surface area contributed by atoms with Crippen LogP contribution in [0.2, 0.25) is 5.02 Å². The van der Waals surface area contributed by atoms with E-state index in [1.807, 2.05) is 0 Å². The summed E-state index contributed by atoms with van der Waals surface area (Å²) < 4.78 is 39.7. The number of carbonyl (C=O) groups excluding carboxylic acids is 1. The first-order valence-electron chi connectivity index (χ1n) is 7.96. The molecule has 3 rings (SSSR count). The van der Waals surface area contributed by atoms with E-state index in [9.17, 15) is 17.6 Å². The Morgan fingerprint density at radius 3 is 2.59 bits per heavy atom. The molecule has 2 amide bonds. The summed E-state index contributed by atoms with van der Waals surface area (Å²) >= 11 is 5.61. The fourth-order valence-corrected chi connectivity index (χ4v) is 3.64. The quantitative estimate of drug-likeness (QED) is 0.763. The van der Waals surface area contributed by atoms with Crippen LogP contribution in [0.25, 0.3) is 0 Å². The van der Waals surface area contributed by atoms with Gasteiger partial charge in [-0.3, -0.25) is 4.90 Å². The lowest BCUT2D eigenvalue weighted by molar-refractivity contribution is 0.252. The standard InChI is InChI=1S/C18H15ClFN3O3S/c19-16-12-15(7-8-17(16)20)27(25,26)22-9-1-2-13-3-5-14(6-4-13)23-11-10-21-18(23)24/h3-8,12,22H,9-11H2,(H,21,24). The van der Waals surface area contributed by atoms with E-state index in [1.165, 1.54) is 0 Å². The zero-order valence-corrected chi connectivity index (χ0v) is 15.6. The van der Waals surface area contributed by atoms with E-state index in [0.29, 0.717) is 18.7 Å². The van der Waals surface area contributed by atoms with Gasteiger partial charge < -0.3 is 5.32 Å². The molecule has 0 saturated carbocycles. The van der Waals surface area contributed by atoms with Gasteiger partial charge in [0.1, 0.15) is 5.82 Å². The summed E-state index contributed by atoms with van der Waals surface area (Å²) in [4.78, 5) is 13.1. The van der Waals surface area contributed by atoms with Gasteiger partial charge in [0.2, 0.25) is 10.0 Å². The van der Waals surface area contributed by atoms with Gasteiger partial charge in [0.05, 0.1) is 16.5 Å². The van der Waals surface area contributed by atoms with Gasteiger partial charge in [0, 0.05) is 24.3 Å². The first-order valence-corrected chi connectivity index (χ1v) is 9.82. The van der Waals surface area contributed by atoms with E-state index in [0.717, 1.165) is 23.9 Å². The van der Waals surface area contributed by atoms with Gasteiger partial charge in [-0.25, -0.2) is 17.6 Å². The maximum atomic E-state index is 13.1. The van der Waals surface area contributed by atoms with Crippen LogP contribution in [-0.4, -0.2) is 34.1 Å². The molecule has 0 aliphatic carbocycles. The lowest BCUT2D eigenvalue weighted by Crippen LogP contribution is -2.27. The van der Waals surface area contributed by atoms with Gasteiger partial charge in [-0.1, -0.05) is 23.4 Å². The molecule has 0 radical (unpaired) electrons. The van der Waals surface area contributed by atoms with Crippen LogP contribution < -0.4 is 14.9 Å². The number of hydrogen-bond donors (Lipinski definition) is 2. The van der Waals surface area contributed by atoms with E-state index in [-0.39, 0.29) is 22.5 Å². The predicted molar refractivity (Wildman–Crippen MR) is 101 cm³/mol. The van der Waals surface area contributed by atoms with Crippen LogP contribution in [0, 0.1) is 17.7 Å². The van der Waals surface area contributed by atoms with Crippen molar-refractivity contribution in [3.05, 3.63) is 58.9 Å². The normalized spacial score (nSPS) is 13.9. The lowest BCUT2D eigenvalue weighted by atomic mass is 10.2. The number of nitrogens with one attached hydrogen (secondary N) is 2. The minimum atomic E-state index is -3.83. The fourth-order valence-electron chi connectivity index (χ4n) is 2.45. The topological polar surface area (TPSA) is 78.5 Å². The van der Waals surface area contributed by atoms with E-state index in [1.54, 1.807) is 29.2 Å². The fraction of sp³-hybridized carbons (Fsp3) is 0.167. The van der Waals surface area contributed by atoms with Crippen molar-refractivity contribution in [2.24, 2.45) is 0 Å². The smallest absolute Gasteiger partial charge is 0.321 e. The number of benzene rings is 2. The Morgan fingerprint density at radius 2 is 1.96 bits per heavy atom. The van der Waals surface area contributed by atoms with Crippen molar-refractivity contribution in [3.8, 4) is 11.8 Å². The Balaban J connectivity index is 1.61. The Labute approximate surface area is 161 Å². The number of urea groups is 1. The van der Waals surface area contributed by atoms with Crippen LogP contribution in [0.1, 0.15) is 5.56 Å². The third-order valence-corrected chi connectivity index (χ3v) is 5.51. The zero-order valence-electron chi connectivity index (χ0n) is 14.0. The number of carbonyl (C=O) groups is 1. The second-order valence-electron chi connectivity index (χ2n) is 5.63. The molecule has 9 heteroatoms. The Bertz CT molecular complexity index is 1030. The second-order valence-corrected chi connectivity index (χ2v) is 7.81. The number of anilines is 1. The molecule has 0 spiro atoms. The maximum Gasteiger partial charge on any atom is 0.321 e. The first kappa shape index (κ1) is 19.2. The van der Waals surface area contributed by atoms with E-state index < -0.39 is 15.8 Å². The van der Waals surface area contributed by atoms with E-state index in [4.69, 9.17) is 11.6 Å². The highest BCUT2D eigenvalue weighted by Gasteiger charge is 2.20. The molecule has 1 heterocycles. The van der Waals surface area contributed by atoms with E-state index >= 15 is 0 Å². The summed E-state index contributed by atoms with van der Waals surface area (Å²) in [6.07, 6.45) is 0. The Morgan fingerprint density at radius 1 is 1.22 bits per heavy atom. The van der Waals surface area contributed by atoms with Crippen LogP contribution in [-0.2, 0) is 10.0 Å². The molecule has 0 aromatic heterocycles. The zero-order chi connectivity index (χ0) is 19.4. The highest BCUT2D eigenvalue weighted by atomic mass is 35.5. The highest BCUT2D eigenvalue weighted by molar-refractivity contribution is 7.89. The molecule has 1 aliphatic rings. The molecular formula is C18H15ClFN3O3S. The average Bonchev–Trinajstić information content (AvgIpc) is 3.07. The van der Waals surface area contributed by atoms with Crippen molar-refractivity contribution in [2.75, 3.05) is 24.5 Å². The van der Waals surface area contributed by atoms with Crippen molar-refractivity contribution in [1.82, 2.24) is 10.0 Å². The summed E-state index contributed by atoms with van der Waals surface area (Å²) in [7, 11) is -3.83. The summed E-state index contributed by atoms with van der Waals surface area (Å²) in [5.74, 6) is 4.86. The molecular weight excluding hydrogens is 393 g/mol. The summed E-state index contributed by atoms with van der Waals surface area (Å²) in [6, 6.07) is 10.1. The summed E-state index contributed by atoms with van der Waals surface area (Å²) in [5, 5.41) is 2.46. The molecule has 6 nitrogen and oxygen atoms in total. The average molecular weight is 408 g/mol. The van der Waals surface area contributed by atoms with Gasteiger partial charge >= 0.3 is 6.03 Å². The Kier molecular flexibility index (Phi) is 5.65. The lowest BCUT2D eigenvalue weighted by Gasteiger charge is -2.13. The highest BCUT2D eigenvalue weighted by Crippen LogP contribution is 2.19. The third kappa shape index (κ3) is 4.57. The predicted octanol–water partition coefficient (Wildman–Crippen LogP) is 2.34. The molecule has 1 saturated heterocycles. The Hall–Kier alpha value is -2.60. The molecule has 27 heavy (non-hydrogen) atoms. The maximum absolute atomic E-state index is 13.1. The molecule has 2 aromatic rings. The largest absolute Gasteiger partial charge is 0.336 e.